The topological polar surface area (TPSA) is 41.6 Å². The molecule has 1 amide bonds. The van der Waals surface area contributed by atoms with Crippen LogP contribution in [0.2, 0.25) is 0 Å². The van der Waals surface area contributed by atoms with E-state index in [0.717, 1.165) is 35.7 Å². The molecule has 4 heteroatoms. The molecule has 2 aliphatic rings. The predicted molar refractivity (Wildman–Crippen MR) is 101 cm³/mol. The molecule has 0 atom stereocenters. The van der Waals surface area contributed by atoms with Gasteiger partial charge in [-0.2, -0.15) is 0 Å². The van der Waals surface area contributed by atoms with Crippen LogP contribution in [0, 0.1) is 6.92 Å². The molecule has 2 aromatic carbocycles. The number of para-hydroxylation sites is 1. The maximum Gasteiger partial charge on any atom is 0.255 e. The van der Waals surface area contributed by atoms with Gasteiger partial charge in [-0.15, -0.1) is 0 Å². The van der Waals surface area contributed by atoms with E-state index < -0.39 is 0 Å². The summed E-state index contributed by atoms with van der Waals surface area (Å²) in [6.45, 7) is 4.58. The second-order valence-corrected chi connectivity index (χ2v) is 6.64. The quantitative estimate of drug-likeness (QED) is 0.922. The Morgan fingerprint density at radius 1 is 1.12 bits per heavy atom. The summed E-state index contributed by atoms with van der Waals surface area (Å²) < 4.78 is 5.68. The van der Waals surface area contributed by atoms with Gasteiger partial charge in [-0.1, -0.05) is 18.2 Å². The molecule has 4 nitrogen and oxygen atoms in total. The van der Waals surface area contributed by atoms with Crippen molar-refractivity contribution in [2.45, 2.75) is 19.8 Å². The first-order valence-corrected chi connectivity index (χ1v) is 8.80. The number of benzene rings is 2. The lowest BCUT2D eigenvalue weighted by molar-refractivity contribution is -0.113. The van der Waals surface area contributed by atoms with Crippen molar-refractivity contribution in [3.05, 3.63) is 59.2 Å². The van der Waals surface area contributed by atoms with Gasteiger partial charge in [-0.05, 0) is 55.7 Å². The van der Waals surface area contributed by atoms with Crippen LogP contribution in [0.25, 0.3) is 6.08 Å². The molecule has 128 valence electrons. The lowest BCUT2D eigenvalue weighted by atomic mass is 10.1. The van der Waals surface area contributed by atoms with Gasteiger partial charge >= 0.3 is 0 Å². The zero-order valence-corrected chi connectivity index (χ0v) is 14.4. The number of amides is 1. The van der Waals surface area contributed by atoms with E-state index in [2.05, 4.69) is 22.3 Å². The molecule has 4 rings (SSSR count). The van der Waals surface area contributed by atoms with Crippen LogP contribution < -0.4 is 15.0 Å². The number of rotatable bonds is 3. The number of carbonyl (C=O) groups excluding carboxylic acids is 1. The highest BCUT2D eigenvalue weighted by Gasteiger charge is 2.18. The Morgan fingerprint density at radius 3 is 2.72 bits per heavy atom. The van der Waals surface area contributed by atoms with Crippen molar-refractivity contribution in [2.24, 2.45) is 0 Å². The number of aryl methyl sites for hydroxylation is 1. The fraction of sp³-hybridized carbons (Fsp3) is 0.286. The highest BCUT2D eigenvalue weighted by Crippen LogP contribution is 2.28. The number of nitrogens with one attached hydrogen (secondary N) is 1. The van der Waals surface area contributed by atoms with Crippen LogP contribution in [-0.4, -0.2) is 25.6 Å². The largest absolute Gasteiger partial charge is 0.488 e. The zero-order chi connectivity index (χ0) is 17.2. The summed E-state index contributed by atoms with van der Waals surface area (Å²) in [5.74, 6) is 0.719. The van der Waals surface area contributed by atoms with Gasteiger partial charge < -0.3 is 15.0 Å². The van der Waals surface area contributed by atoms with Crippen molar-refractivity contribution in [2.75, 3.05) is 29.9 Å². The van der Waals surface area contributed by atoms with E-state index in [-0.39, 0.29) is 5.91 Å². The fourth-order valence-electron chi connectivity index (χ4n) is 3.41. The van der Waals surface area contributed by atoms with Crippen LogP contribution in [0.5, 0.6) is 5.75 Å². The predicted octanol–water partition coefficient (Wildman–Crippen LogP) is 4.01. The molecule has 0 aliphatic carbocycles. The van der Waals surface area contributed by atoms with Gasteiger partial charge in [0.25, 0.3) is 5.91 Å². The standard InChI is InChI=1S/C21H22N2O2/c1-15-12-18(23-10-4-5-11-23)8-9-19(15)22-21(24)17-13-16-6-2-3-7-20(16)25-14-17/h2-3,6-9,12-13H,4-5,10-11,14H2,1H3,(H,22,24). The van der Waals surface area contributed by atoms with Crippen LogP contribution in [0.4, 0.5) is 11.4 Å². The lowest BCUT2D eigenvalue weighted by Gasteiger charge is -2.20. The fourth-order valence-corrected chi connectivity index (χ4v) is 3.41. The highest BCUT2D eigenvalue weighted by molar-refractivity contribution is 6.07. The first kappa shape index (κ1) is 15.8. The molecule has 1 N–H and O–H groups in total. The lowest BCUT2D eigenvalue weighted by Crippen LogP contribution is -2.22. The molecule has 0 aromatic heterocycles. The maximum absolute atomic E-state index is 12.6. The molecule has 2 aliphatic heterocycles. The molecule has 2 heterocycles. The number of ether oxygens (including phenoxy) is 1. The molecule has 1 saturated heterocycles. The molecule has 1 fully saturated rings. The first-order chi connectivity index (χ1) is 12.2. The smallest absolute Gasteiger partial charge is 0.255 e. The van der Waals surface area contributed by atoms with Crippen LogP contribution >= 0.6 is 0 Å². The minimum absolute atomic E-state index is 0.105. The number of fused-ring (bicyclic) bond motifs is 1. The SMILES string of the molecule is Cc1cc(N2CCCC2)ccc1NC(=O)C1=Cc2ccccc2OC1. The Kier molecular flexibility index (Phi) is 4.18. The van der Waals surface area contributed by atoms with Crippen LogP contribution in [0.1, 0.15) is 24.0 Å². The van der Waals surface area contributed by atoms with Gasteiger partial charge in [-0.25, -0.2) is 0 Å². The van der Waals surface area contributed by atoms with Crippen LogP contribution in [0.3, 0.4) is 0 Å². The van der Waals surface area contributed by atoms with Crippen molar-refractivity contribution in [3.8, 4) is 5.75 Å². The van der Waals surface area contributed by atoms with Gasteiger partial charge in [0.15, 0.2) is 0 Å². The summed E-state index contributed by atoms with van der Waals surface area (Å²) in [5.41, 5.74) is 4.76. The first-order valence-electron chi connectivity index (χ1n) is 8.80. The summed E-state index contributed by atoms with van der Waals surface area (Å²) in [6, 6.07) is 14.0. The third-order valence-electron chi connectivity index (χ3n) is 4.85. The van der Waals surface area contributed by atoms with Crippen molar-refractivity contribution < 1.29 is 9.53 Å². The monoisotopic (exact) mass is 334 g/mol. The Bertz CT molecular complexity index is 836. The molecular formula is C21H22N2O2. The van der Waals surface area contributed by atoms with E-state index in [4.69, 9.17) is 4.74 Å². The van der Waals surface area contributed by atoms with Crippen molar-refractivity contribution >= 4 is 23.4 Å². The maximum atomic E-state index is 12.6. The highest BCUT2D eigenvalue weighted by atomic mass is 16.5. The molecule has 0 spiro atoms. The Balaban J connectivity index is 1.50. The number of carbonyl (C=O) groups is 1. The van der Waals surface area contributed by atoms with Crippen LogP contribution in [-0.2, 0) is 4.79 Å². The van der Waals surface area contributed by atoms with E-state index >= 15 is 0 Å². The number of hydrogen-bond donors (Lipinski definition) is 1. The van der Waals surface area contributed by atoms with Gasteiger partial charge in [0.1, 0.15) is 12.4 Å². The van der Waals surface area contributed by atoms with Crippen LogP contribution in [0.15, 0.2) is 48.0 Å². The summed E-state index contributed by atoms with van der Waals surface area (Å²) in [5, 5.41) is 3.02. The average molecular weight is 334 g/mol. The van der Waals surface area contributed by atoms with Gasteiger partial charge in [0, 0.05) is 30.0 Å². The third kappa shape index (κ3) is 3.25. The van der Waals surface area contributed by atoms with Crippen molar-refractivity contribution in [1.29, 1.82) is 0 Å². The minimum atomic E-state index is -0.105. The number of nitrogens with zero attached hydrogens (tertiary/aromatic N) is 1. The molecule has 0 saturated carbocycles. The van der Waals surface area contributed by atoms with Crippen molar-refractivity contribution in [1.82, 2.24) is 0 Å². The summed E-state index contributed by atoms with van der Waals surface area (Å²) in [6.07, 6.45) is 4.42. The van der Waals surface area contributed by atoms with E-state index in [0.29, 0.717) is 12.2 Å². The Labute approximate surface area is 148 Å². The molecular weight excluding hydrogens is 312 g/mol. The Hall–Kier alpha value is -2.75. The second kappa shape index (κ2) is 6.63. The zero-order valence-electron chi connectivity index (χ0n) is 14.4. The summed E-state index contributed by atoms with van der Waals surface area (Å²) in [7, 11) is 0. The number of hydrogen-bond acceptors (Lipinski definition) is 3. The van der Waals surface area contributed by atoms with Gasteiger partial charge in [0.05, 0.1) is 5.57 Å². The molecule has 0 unspecified atom stereocenters. The summed E-state index contributed by atoms with van der Waals surface area (Å²) >= 11 is 0. The van der Waals surface area contributed by atoms with Gasteiger partial charge in [0.2, 0.25) is 0 Å². The molecule has 0 radical (unpaired) electrons. The normalized spacial score (nSPS) is 16.0. The minimum Gasteiger partial charge on any atom is -0.488 e. The van der Waals surface area contributed by atoms with Crippen molar-refractivity contribution in [3.63, 3.8) is 0 Å². The molecule has 0 bridgehead atoms. The number of anilines is 2. The second-order valence-electron chi connectivity index (χ2n) is 6.64. The Morgan fingerprint density at radius 2 is 1.92 bits per heavy atom. The van der Waals surface area contributed by atoms with E-state index in [9.17, 15) is 4.79 Å². The molecule has 2 aromatic rings. The van der Waals surface area contributed by atoms with Gasteiger partial charge in [-0.3, -0.25) is 4.79 Å². The third-order valence-corrected chi connectivity index (χ3v) is 4.85. The molecule has 25 heavy (non-hydrogen) atoms. The van der Waals surface area contributed by atoms with E-state index in [1.807, 2.05) is 43.3 Å². The van der Waals surface area contributed by atoms with E-state index in [1.165, 1.54) is 18.5 Å². The van der Waals surface area contributed by atoms with E-state index in [1.54, 1.807) is 0 Å². The average Bonchev–Trinajstić information content (AvgIpc) is 3.17. The summed E-state index contributed by atoms with van der Waals surface area (Å²) in [4.78, 5) is 15.0.